The van der Waals surface area contributed by atoms with Crippen LogP contribution in [0.3, 0.4) is 0 Å². The van der Waals surface area contributed by atoms with Gasteiger partial charge in [0.2, 0.25) is 0 Å². The quantitative estimate of drug-likeness (QED) is 0.333. The van der Waals surface area contributed by atoms with E-state index in [9.17, 15) is 0 Å². The van der Waals surface area contributed by atoms with E-state index >= 15 is 0 Å². The van der Waals surface area contributed by atoms with Gasteiger partial charge in [-0.2, -0.15) is 0 Å². The Morgan fingerprint density at radius 1 is 1.50 bits per heavy atom. The van der Waals surface area contributed by atoms with Crippen molar-refractivity contribution in [3.8, 4) is 0 Å². The highest BCUT2D eigenvalue weighted by Crippen LogP contribution is 2.34. The molecule has 0 bridgehead atoms. The van der Waals surface area contributed by atoms with Crippen molar-refractivity contribution in [3.63, 3.8) is 0 Å². The van der Waals surface area contributed by atoms with Crippen molar-refractivity contribution in [3.05, 3.63) is 23.1 Å². The summed E-state index contributed by atoms with van der Waals surface area (Å²) in [5, 5.41) is 11.5. The Bertz CT molecular complexity index is 249. The van der Waals surface area contributed by atoms with Gasteiger partial charge in [-0.1, -0.05) is 45.5 Å². The summed E-state index contributed by atoms with van der Waals surface area (Å²) in [6.07, 6.45) is 4.08. The molecule has 0 atom stereocenters. The summed E-state index contributed by atoms with van der Waals surface area (Å²) in [4.78, 5) is 1.20. The third-order valence-electron chi connectivity index (χ3n) is 1.49. The summed E-state index contributed by atoms with van der Waals surface area (Å²) in [5.74, 6) is 0. The van der Waals surface area contributed by atoms with E-state index in [0.29, 0.717) is 0 Å². The first-order chi connectivity index (χ1) is 6.44. The molecule has 0 radical (unpaired) electrons. The monoisotopic (exact) mass is 213 g/mol. The van der Waals surface area contributed by atoms with Gasteiger partial charge in [0.1, 0.15) is 0 Å². The summed E-state index contributed by atoms with van der Waals surface area (Å²) in [6, 6.07) is 0. The van der Waals surface area contributed by atoms with Gasteiger partial charge in [-0.3, -0.25) is 0 Å². The van der Waals surface area contributed by atoms with E-state index in [1.807, 2.05) is 0 Å². The first-order valence-corrected chi connectivity index (χ1v) is 5.48. The lowest BCUT2D eigenvalue weighted by Crippen LogP contribution is -2.08. The molecule has 2 nitrogen and oxygen atoms in total. The van der Waals surface area contributed by atoms with E-state index in [4.69, 9.17) is 5.21 Å². The van der Waals surface area contributed by atoms with Gasteiger partial charge in [0, 0.05) is 10.3 Å². The molecule has 80 valence electrons. The first-order valence-electron chi connectivity index (χ1n) is 4.66. The molecule has 0 aromatic rings. The fourth-order valence-electron chi connectivity index (χ4n) is 1.01. The molecule has 0 aromatic carbocycles. The zero-order valence-corrected chi connectivity index (χ0v) is 10.2. The van der Waals surface area contributed by atoms with Crippen molar-refractivity contribution >= 4 is 18.0 Å². The third-order valence-corrected chi connectivity index (χ3v) is 2.87. The largest absolute Gasteiger partial charge is 0.411 e. The van der Waals surface area contributed by atoms with Gasteiger partial charge in [-0.25, -0.2) is 0 Å². The normalized spacial score (nSPS) is 14.3. The van der Waals surface area contributed by atoms with E-state index < -0.39 is 0 Å². The number of thioether (sulfide) groups is 1. The maximum Gasteiger partial charge on any atom is 0.0741 e. The predicted molar refractivity (Wildman–Crippen MR) is 65.1 cm³/mol. The van der Waals surface area contributed by atoms with Crippen LogP contribution in [0.1, 0.15) is 34.1 Å². The fourth-order valence-corrected chi connectivity index (χ4v) is 2.14. The molecular weight excluding hydrogens is 194 g/mol. The smallest absolute Gasteiger partial charge is 0.0741 e. The van der Waals surface area contributed by atoms with Gasteiger partial charge in [-0.15, -0.1) is 11.8 Å². The maximum atomic E-state index is 8.49. The lowest BCUT2D eigenvalue weighted by atomic mass is 10.2. The molecule has 1 N–H and O–H groups in total. The van der Waals surface area contributed by atoms with Crippen LogP contribution in [0.25, 0.3) is 0 Å². The van der Waals surface area contributed by atoms with E-state index in [2.05, 4.69) is 39.4 Å². The van der Waals surface area contributed by atoms with E-state index in [1.165, 1.54) is 11.1 Å². The van der Waals surface area contributed by atoms with Gasteiger partial charge in [0.05, 0.1) is 6.21 Å². The molecule has 0 aliphatic carbocycles. The molecule has 0 rings (SSSR count). The van der Waals surface area contributed by atoms with Crippen LogP contribution in [0.5, 0.6) is 0 Å². The second-order valence-electron chi connectivity index (χ2n) is 3.90. The van der Waals surface area contributed by atoms with Crippen molar-refractivity contribution in [2.24, 2.45) is 5.16 Å². The van der Waals surface area contributed by atoms with Gasteiger partial charge in [-0.05, 0) is 11.3 Å². The SMILES string of the molecule is C=CC(/C=N/O)=C(\CC)SC(C)(C)C. The van der Waals surface area contributed by atoms with Crippen molar-refractivity contribution in [1.82, 2.24) is 0 Å². The Balaban J connectivity index is 4.89. The Labute approximate surface area is 90.8 Å². The highest BCUT2D eigenvalue weighted by atomic mass is 32.2. The second kappa shape index (κ2) is 5.91. The molecule has 14 heavy (non-hydrogen) atoms. The van der Waals surface area contributed by atoms with E-state index in [-0.39, 0.29) is 4.75 Å². The molecule has 0 aliphatic rings. The van der Waals surface area contributed by atoms with Crippen LogP contribution in [0.15, 0.2) is 28.3 Å². The molecule has 0 aliphatic heterocycles. The average Bonchev–Trinajstić information content (AvgIpc) is 2.09. The minimum absolute atomic E-state index is 0.170. The molecule has 0 aromatic heterocycles. The Kier molecular flexibility index (Phi) is 5.62. The first kappa shape index (κ1) is 13.3. The second-order valence-corrected chi connectivity index (χ2v) is 5.82. The Morgan fingerprint density at radius 3 is 2.36 bits per heavy atom. The van der Waals surface area contributed by atoms with Crippen molar-refractivity contribution in [1.29, 1.82) is 0 Å². The summed E-state index contributed by atoms with van der Waals surface area (Å²) < 4.78 is 0.170. The van der Waals surface area contributed by atoms with Gasteiger partial charge >= 0.3 is 0 Å². The lowest BCUT2D eigenvalue weighted by Gasteiger charge is -2.20. The lowest BCUT2D eigenvalue weighted by molar-refractivity contribution is 0.322. The van der Waals surface area contributed by atoms with Crippen LogP contribution < -0.4 is 0 Å². The minimum Gasteiger partial charge on any atom is -0.411 e. The Hall–Kier alpha value is -0.700. The Morgan fingerprint density at radius 2 is 2.07 bits per heavy atom. The predicted octanol–water partition coefficient (Wildman–Crippen LogP) is 3.83. The number of oxime groups is 1. The zero-order valence-electron chi connectivity index (χ0n) is 9.37. The number of hydrogen-bond acceptors (Lipinski definition) is 3. The topological polar surface area (TPSA) is 32.6 Å². The van der Waals surface area contributed by atoms with Crippen LogP contribution >= 0.6 is 11.8 Å². The van der Waals surface area contributed by atoms with Crippen molar-refractivity contribution in [2.75, 3.05) is 0 Å². The van der Waals surface area contributed by atoms with Gasteiger partial charge in [0.25, 0.3) is 0 Å². The van der Waals surface area contributed by atoms with Crippen molar-refractivity contribution < 1.29 is 5.21 Å². The van der Waals surface area contributed by atoms with Crippen molar-refractivity contribution in [2.45, 2.75) is 38.9 Å². The molecule has 0 fully saturated rings. The number of hydrogen-bond donors (Lipinski definition) is 1. The van der Waals surface area contributed by atoms with Crippen LogP contribution in [0.4, 0.5) is 0 Å². The average molecular weight is 213 g/mol. The standard InChI is InChI=1S/C11H19NOS/c1-6-9(8-12-13)10(7-2)14-11(3,4)5/h6,8,13H,1,7H2,2-5H3/b10-9-,12-8+. The highest BCUT2D eigenvalue weighted by Gasteiger charge is 2.14. The molecule has 0 unspecified atom stereocenters. The van der Waals surface area contributed by atoms with Gasteiger partial charge in [0.15, 0.2) is 0 Å². The fraction of sp³-hybridized carbons (Fsp3) is 0.545. The van der Waals surface area contributed by atoms with Crippen LogP contribution in [-0.2, 0) is 0 Å². The molecule has 0 saturated carbocycles. The summed E-state index contributed by atoms with van der Waals surface area (Å²) >= 11 is 1.78. The molecule has 0 saturated heterocycles. The summed E-state index contributed by atoms with van der Waals surface area (Å²) in [5.41, 5.74) is 0.898. The van der Waals surface area contributed by atoms with Crippen LogP contribution in [0, 0.1) is 0 Å². The number of nitrogens with zero attached hydrogens (tertiary/aromatic N) is 1. The molecule has 0 heterocycles. The molecule has 0 amide bonds. The van der Waals surface area contributed by atoms with Crippen LogP contribution in [-0.4, -0.2) is 16.2 Å². The van der Waals surface area contributed by atoms with E-state index in [0.717, 1.165) is 12.0 Å². The summed E-state index contributed by atoms with van der Waals surface area (Å²) in [6.45, 7) is 12.3. The highest BCUT2D eigenvalue weighted by molar-refractivity contribution is 8.04. The number of rotatable bonds is 4. The molecular formula is C11H19NOS. The van der Waals surface area contributed by atoms with Crippen LogP contribution in [0.2, 0.25) is 0 Å². The van der Waals surface area contributed by atoms with E-state index in [1.54, 1.807) is 17.8 Å². The minimum atomic E-state index is 0.170. The maximum absolute atomic E-state index is 8.49. The molecule has 3 heteroatoms. The zero-order chi connectivity index (χ0) is 11.2. The number of allylic oxidation sites excluding steroid dienone is 3. The molecule has 0 spiro atoms. The third kappa shape index (κ3) is 5.12. The summed E-state index contributed by atoms with van der Waals surface area (Å²) in [7, 11) is 0. The van der Waals surface area contributed by atoms with Gasteiger partial charge < -0.3 is 5.21 Å².